The molecule has 0 saturated heterocycles. The fraction of sp³-hybridized carbons (Fsp3) is 0.941. The Kier molecular flexibility index (Phi) is 23.4. The highest BCUT2D eigenvalue weighted by Crippen LogP contribution is 2.23. The SMILES string of the molecule is CC(C)(C)OC(=O)C(N)(CCCCCCCNCCCCCCCCNCCCCCCCCN)C(=O)OC(C)(C)C. The van der Waals surface area contributed by atoms with Gasteiger partial charge in [-0.25, -0.2) is 9.59 Å². The van der Waals surface area contributed by atoms with Crippen molar-refractivity contribution in [3.8, 4) is 0 Å². The van der Waals surface area contributed by atoms with Crippen LogP contribution in [0.15, 0.2) is 0 Å². The highest BCUT2D eigenvalue weighted by Gasteiger charge is 2.47. The summed E-state index contributed by atoms with van der Waals surface area (Å²) in [6, 6.07) is 0. The Balaban J connectivity index is 3.73. The molecule has 0 fully saturated rings. The Hall–Kier alpha value is -1.22. The van der Waals surface area contributed by atoms with Gasteiger partial charge in [0.05, 0.1) is 0 Å². The standard InChI is InChI=1S/C34H70N4O4/c1-32(2,3)41-30(39)34(36,31(40)42-33(4,5)6)24-18-12-11-17-23-29-38-28-22-16-10-9-15-21-27-37-26-20-14-8-7-13-19-25-35/h37-38H,7-29,35-36H2,1-6H3. The molecule has 0 aromatic heterocycles. The molecule has 0 aromatic rings. The van der Waals surface area contributed by atoms with E-state index >= 15 is 0 Å². The number of carbonyl (C=O) groups is 2. The average Bonchev–Trinajstić information content (AvgIpc) is 2.89. The zero-order valence-electron chi connectivity index (χ0n) is 28.6. The van der Waals surface area contributed by atoms with Crippen LogP contribution in [0.5, 0.6) is 0 Å². The Morgan fingerprint density at radius 2 is 0.786 bits per heavy atom. The van der Waals surface area contributed by atoms with Crippen LogP contribution in [0.3, 0.4) is 0 Å². The smallest absolute Gasteiger partial charge is 0.338 e. The molecule has 6 N–H and O–H groups in total. The molecule has 0 aliphatic rings. The van der Waals surface area contributed by atoms with Gasteiger partial charge in [-0.1, -0.05) is 77.0 Å². The van der Waals surface area contributed by atoms with Crippen molar-refractivity contribution in [3.05, 3.63) is 0 Å². The van der Waals surface area contributed by atoms with Crippen molar-refractivity contribution in [1.82, 2.24) is 10.6 Å². The minimum atomic E-state index is -1.77. The molecule has 0 unspecified atom stereocenters. The molecule has 0 aromatic carbocycles. The van der Waals surface area contributed by atoms with Gasteiger partial charge in [0.2, 0.25) is 5.54 Å². The third-order valence-electron chi connectivity index (χ3n) is 7.22. The molecule has 0 amide bonds. The van der Waals surface area contributed by atoms with E-state index in [1.54, 1.807) is 41.5 Å². The molecule has 0 aliphatic heterocycles. The van der Waals surface area contributed by atoms with E-state index in [0.717, 1.165) is 51.9 Å². The molecule has 250 valence electrons. The van der Waals surface area contributed by atoms with E-state index in [-0.39, 0.29) is 6.42 Å². The number of hydrogen-bond acceptors (Lipinski definition) is 8. The molecule has 42 heavy (non-hydrogen) atoms. The first-order valence-corrected chi connectivity index (χ1v) is 17.2. The minimum Gasteiger partial charge on any atom is -0.458 e. The molecular weight excluding hydrogens is 528 g/mol. The van der Waals surface area contributed by atoms with Crippen LogP contribution < -0.4 is 22.1 Å². The maximum atomic E-state index is 12.8. The number of nitrogens with one attached hydrogen (secondary N) is 2. The summed E-state index contributed by atoms with van der Waals surface area (Å²) >= 11 is 0. The maximum absolute atomic E-state index is 12.8. The summed E-state index contributed by atoms with van der Waals surface area (Å²) in [6.07, 6.45) is 20.8. The molecule has 0 atom stereocenters. The summed E-state index contributed by atoms with van der Waals surface area (Å²) in [5.74, 6) is -1.42. The first-order valence-electron chi connectivity index (χ1n) is 17.2. The van der Waals surface area contributed by atoms with Crippen molar-refractivity contribution in [2.45, 2.75) is 174 Å². The molecule has 0 heterocycles. The summed E-state index contributed by atoms with van der Waals surface area (Å²) in [5, 5.41) is 7.16. The van der Waals surface area contributed by atoms with Crippen LogP contribution in [-0.4, -0.2) is 61.4 Å². The Bertz CT molecular complexity index is 645. The Morgan fingerprint density at radius 1 is 0.500 bits per heavy atom. The van der Waals surface area contributed by atoms with E-state index in [2.05, 4.69) is 10.6 Å². The number of rotatable bonds is 27. The first-order chi connectivity index (χ1) is 19.8. The molecule has 0 rings (SSSR count). The lowest BCUT2D eigenvalue weighted by atomic mass is 9.92. The predicted octanol–water partition coefficient (Wildman–Crippen LogP) is 6.53. The quantitative estimate of drug-likeness (QED) is 0.0477. The van der Waals surface area contributed by atoms with E-state index < -0.39 is 28.7 Å². The van der Waals surface area contributed by atoms with Gasteiger partial charge in [-0.05, 0) is 113 Å². The predicted molar refractivity (Wildman–Crippen MR) is 177 cm³/mol. The zero-order chi connectivity index (χ0) is 31.7. The number of carbonyl (C=O) groups excluding carboxylic acids is 2. The van der Waals surface area contributed by atoms with Crippen molar-refractivity contribution in [2.24, 2.45) is 11.5 Å². The summed E-state index contributed by atoms with van der Waals surface area (Å²) in [5.41, 5.74) is 8.64. The topological polar surface area (TPSA) is 129 Å². The van der Waals surface area contributed by atoms with Crippen LogP contribution in [0.25, 0.3) is 0 Å². The fourth-order valence-corrected chi connectivity index (χ4v) is 4.77. The minimum absolute atomic E-state index is 0.224. The molecule has 0 bridgehead atoms. The maximum Gasteiger partial charge on any atom is 0.338 e. The molecule has 0 saturated carbocycles. The van der Waals surface area contributed by atoms with Crippen LogP contribution in [-0.2, 0) is 19.1 Å². The molecule has 8 heteroatoms. The van der Waals surface area contributed by atoms with Gasteiger partial charge in [0.25, 0.3) is 0 Å². The highest BCUT2D eigenvalue weighted by atomic mass is 16.6. The van der Waals surface area contributed by atoms with Gasteiger partial charge < -0.3 is 31.6 Å². The van der Waals surface area contributed by atoms with Crippen LogP contribution in [0.2, 0.25) is 0 Å². The third-order valence-corrected chi connectivity index (χ3v) is 7.22. The van der Waals surface area contributed by atoms with Gasteiger partial charge in [0, 0.05) is 0 Å². The number of hydrogen-bond donors (Lipinski definition) is 4. The number of nitrogens with two attached hydrogens (primary N) is 2. The number of unbranched alkanes of at least 4 members (excludes halogenated alkanes) is 14. The molecule has 8 nitrogen and oxygen atoms in total. The second kappa shape index (κ2) is 24.1. The van der Waals surface area contributed by atoms with Gasteiger partial charge in [-0.2, -0.15) is 0 Å². The second-order valence-corrected chi connectivity index (χ2v) is 14.0. The van der Waals surface area contributed by atoms with Crippen molar-refractivity contribution in [1.29, 1.82) is 0 Å². The fourth-order valence-electron chi connectivity index (χ4n) is 4.77. The highest BCUT2D eigenvalue weighted by molar-refractivity contribution is 6.04. The van der Waals surface area contributed by atoms with E-state index in [9.17, 15) is 9.59 Å². The normalized spacial score (nSPS) is 12.5. The zero-order valence-corrected chi connectivity index (χ0v) is 28.6. The van der Waals surface area contributed by atoms with E-state index in [0.29, 0.717) is 6.42 Å². The molecule has 0 spiro atoms. The Morgan fingerprint density at radius 3 is 1.10 bits per heavy atom. The van der Waals surface area contributed by atoms with Crippen LogP contribution in [0, 0.1) is 0 Å². The summed E-state index contributed by atoms with van der Waals surface area (Å²) in [4.78, 5) is 25.6. The number of esters is 2. The van der Waals surface area contributed by atoms with Crippen molar-refractivity contribution in [2.75, 3.05) is 32.7 Å². The molecule has 0 radical (unpaired) electrons. The first kappa shape index (κ1) is 40.8. The summed E-state index contributed by atoms with van der Waals surface area (Å²) in [7, 11) is 0. The lowest BCUT2D eigenvalue weighted by Crippen LogP contribution is -2.59. The summed E-state index contributed by atoms with van der Waals surface area (Å²) in [6.45, 7) is 15.9. The Labute approximate surface area is 259 Å². The largest absolute Gasteiger partial charge is 0.458 e. The lowest BCUT2D eigenvalue weighted by Gasteiger charge is -2.32. The third kappa shape index (κ3) is 24.2. The van der Waals surface area contributed by atoms with Gasteiger partial charge in [-0.15, -0.1) is 0 Å². The average molecular weight is 599 g/mol. The van der Waals surface area contributed by atoms with E-state index in [1.807, 2.05) is 0 Å². The van der Waals surface area contributed by atoms with Crippen LogP contribution in [0.4, 0.5) is 0 Å². The lowest BCUT2D eigenvalue weighted by molar-refractivity contribution is -0.177. The van der Waals surface area contributed by atoms with Gasteiger partial charge >= 0.3 is 11.9 Å². The summed E-state index contributed by atoms with van der Waals surface area (Å²) < 4.78 is 10.9. The van der Waals surface area contributed by atoms with Crippen molar-refractivity contribution >= 4 is 11.9 Å². The van der Waals surface area contributed by atoms with E-state index in [1.165, 1.54) is 83.6 Å². The monoisotopic (exact) mass is 599 g/mol. The van der Waals surface area contributed by atoms with Gasteiger partial charge in [0.15, 0.2) is 0 Å². The van der Waals surface area contributed by atoms with Gasteiger partial charge in [0.1, 0.15) is 11.2 Å². The van der Waals surface area contributed by atoms with Gasteiger partial charge in [-0.3, -0.25) is 0 Å². The van der Waals surface area contributed by atoms with Crippen LogP contribution >= 0.6 is 0 Å². The second-order valence-electron chi connectivity index (χ2n) is 14.0. The molecule has 0 aliphatic carbocycles. The van der Waals surface area contributed by atoms with Crippen molar-refractivity contribution < 1.29 is 19.1 Å². The van der Waals surface area contributed by atoms with Crippen molar-refractivity contribution in [3.63, 3.8) is 0 Å². The number of ether oxygens (including phenoxy) is 2. The van der Waals surface area contributed by atoms with E-state index in [4.69, 9.17) is 20.9 Å². The molecular formula is C34H70N4O4. The van der Waals surface area contributed by atoms with Crippen LogP contribution in [0.1, 0.15) is 157 Å².